The molecular formula is C19H21N3O4. The quantitative estimate of drug-likeness (QED) is 0.583. The average Bonchev–Trinajstić information content (AvgIpc) is 3.10. The van der Waals surface area contributed by atoms with Gasteiger partial charge in [0.05, 0.1) is 6.04 Å². The fourth-order valence-corrected chi connectivity index (χ4v) is 2.39. The fraction of sp³-hybridized carbons (Fsp3) is 0.263. The minimum atomic E-state index is -0.887. The molecule has 26 heavy (non-hydrogen) atoms. The second kappa shape index (κ2) is 9.31. The van der Waals surface area contributed by atoms with Crippen molar-refractivity contribution in [2.24, 2.45) is 0 Å². The normalized spacial score (nSPS) is 12.7. The zero-order valence-corrected chi connectivity index (χ0v) is 14.4. The molecule has 0 radical (unpaired) electrons. The first-order chi connectivity index (χ1) is 12.5. The van der Waals surface area contributed by atoms with Crippen LogP contribution in [0.4, 0.5) is 0 Å². The van der Waals surface area contributed by atoms with Crippen molar-refractivity contribution < 1.29 is 19.2 Å². The van der Waals surface area contributed by atoms with Gasteiger partial charge in [0, 0.05) is 18.5 Å². The Morgan fingerprint density at radius 2 is 1.81 bits per heavy atom. The van der Waals surface area contributed by atoms with Gasteiger partial charge in [0.15, 0.2) is 0 Å². The highest BCUT2D eigenvalue weighted by Gasteiger charge is 2.20. The highest BCUT2D eigenvalue weighted by atomic mass is 16.2. The summed E-state index contributed by atoms with van der Waals surface area (Å²) < 4.78 is 0. The molecule has 1 aromatic heterocycles. The number of benzene rings is 1. The summed E-state index contributed by atoms with van der Waals surface area (Å²) in [4.78, 5) is 48.5. The Bertz CT molecular complexity index is 770. The van der Waals surface area contributed by atoms with Crippen molar-refractivity contribution in [1.82, 2.24) is 15.6 Å². The van der Waals surface area contributed by atoms with E-state index in [-0.39, 0.29) is 6.42 Å². The molecule has 0 saturated heterocycles. The van der Waals surface area contributed by atoms with E-state index in [4.69, 9.17) is 0 Å². The lowest BCUT2D eigenvalue weighted by Gasteiger charge is -2.16. The Morgan fingerprint density at radius 3 is 2.46 bits per heavy atom. The molecule has 0 aliphatic heterocycles. The molecule has 0 bridgehead atoms. The van der Waals surface area contributed by atoms with Crippen molar-refractivity contribution >= 4 is 24.4 Å². The molecule has 136 valence electrons. The molecule has 0 aliphatic carbocycles. The number of aromatic amines is 1. The maximum absolute atomic E-state index is 12.3. The van der Waals surface area contributed by atoms with Gasteiger partial charge in [-0.2, -0.15) is 0 Å². The SMILES string of the molecule is C[C@@H](NC(=O)c1ccc(Cc2ccccc2)[nH]1)C(=O)N[C@H](C=O)CC=O. The van der Waals surface area contributed by atoms with Crippen LogP contribution in [0, 0.1) is 0 Å². The van der Waals surface area contributed by atoms with Gasteiger partial charge in [-0.25, -0.2) is 0 Å². The summed E-state index contributed by atoms with van der Waals surface area (Å²) in [5, 5.41) is 4.96. The molecule has 2 amide bonds. The number of hydrogen-bond acceptors (Lipinski definition) is 4. The maximum Gasteiger partial charge on any atom is 0.268 e. The zero-order chi connectivity index (χ0) is 18.9. The Hall–Kier alpha value is -3.22. The molecule has 2 rings (SSSR count). The maximum atomic E-state index is 12.3. The predicted molar refractivity (Wildman–Crippen MR) is 95.6 cm³/mol. The van der Waals surface area contributed by atoms with Crippen LogP contribution in [0.1, 0.15) is 35.1 Å². The Labute approximate surface area is 151 Å². The van der Waals surface area contributed by atoms with E-state index in [1.807, 2.05) is 36.4 Å². The molecular weight excluding hydrogens is 334 g/mol. The molecule has 1 aromatic carbocycles. The number of aromatic nitrogens is 1. The third-order valence-corrected chi connectivity index (χ3v) is 3.81. The van der Waals surface area contributed by atoms with Crippen molar-refractivity contribution in [2.75, 3.05) is 0 Å². The van der Waals surface area contributed by atoms with Crippen LogP contribution in [-0.4, -0.2) is 41.5 Å². The fourth-order valence-electron chi connectivity index (χ4n) is 2.39. The summed E-state index contributed by atoms with van der Waals surface area (Å²) in [5.74, 6) is -0.960. The van der Waals surface area contributed by atoms with Gasteiger partial charge in [0.25, 0.3) is 5.91 Å². The van der Waals surface area contributed by atoms with E-state index in [1.54, 1.807) is 6.07 Å². The number of nitrogens with one attached hydrogen (secondary N) is 3. The van der Waals surface area contributed by atoms with Crippen molar-refractivity contribution in [3.8, 4) is 0 Å². The third-order valence-electron chi connectivity index (χ3n) is 3.81. The van der Waals surface area contributed by atoms with E-state index in [0.717, 1.165) is 11.3 Å². The van der Waals surface area contributed by atoms with E-state index in [2.05, 4.69) is 15.6 Å². The minimum absolute atomic E-state index is 0.102. The number of hydrogen-bond donors (Lipinski definition) is 3. The van der Waals surface area contributed by atoms with Gasteiger partial charge in [-0.3, -0.25) is 9.59 Å². The number of carbonyl (C=O) groups excluding carboxylic acids is 4. The number of carbonyl (C=O) groups is 4. The van der Waals surface area contributed by atoms with Crippen LogP contribution >= 0.6 is 0 Å². The van der Waals surface area contributed by atoms with E-state index in [1.165, 1.54) is 6.92 Å². The molecule has 7 heteroatoms. The van der Waals surface area contributed by atoms with Crippen molar-refractivity contribution in [2.45, 2.75) is 31.8 Å². The summed E-state index contributed by atoms with van der Waals surface area (Å²) in [6.45, 7) is 1.50. The van der Waals surface area contributed by atoms with Gasteiger partial charge < -0.3 is 25.2 Å². The second-order valence-corrected chi connectivity index (χ2v) is 5.91. The topological polar surface area (TPSA) is 108 Å². The average molecular weight is 355 g/mol. The van der Waals surface area contributed by atoms with Crippen LogP contribution in [-0.2, 0) is 20.8 Å². The van der Waals surface area contributed by atoms with E-state index in [0.29, 0.717) is 24.7 Å². The molecule has 7 nitrogen and oxygen atoms in total. The van der Waals surface area contributed by atoms with Crippen LogP contribution < -0.4 is 10.6 Å². The van der Waals surface area contributed by atoms with E-state index < -0.39 is 23.9 Å². The summed E-state index contributed by atoms with van der Waals surface area (Å²) >= 11 is 0. The molecule has 0 unspecified atom stereocenters. The lowest BCUT2D eigenvalue weighted by molar-refractivity contribution is -0.125. The minimum Gasteiger partial charge on any atom is -0.354 e. The summed E-state index contributed by atoms with van der Waals surface area (Å²) in [7, 11) is 0. The Morgan fingerprint density at radius 1 is 1.08 bits per heavy atom. The standard InChI is InChI=1S/C19H21N3O4/c1-13(18(25)22-16(12-24)9-10-23)20-19(26)17-8-7-15(21-17)11-14-5-3-2-4-6-14/h2-8,10,12-13,16,21H,9,11H2,1H3,(H,20,26)(H,22,25)/t13-,16+/m1/s1. The van der Waals surface area contributed by atoms with Gasteiger partial charge >= 0.3 is 0 Å². The summed E-state index contributed by atoms with van der Waals surface area (Å²) in [6, 6.07) is 11.6. The first-order valence-corrected chi connectivity index (χ1v) is 8.25. The van der Waals surface area contributed by atoms with Crippen molar-refractivity contribution in [1.29, 1.82) is 0 Å². The zero-order valence-electron chi connectivity index (χ0n) is 14.4. The number of H-pyrrole nitrogens is 1. The molecule has 2 atom stereocenters. The molecule has 1 heterocycles. The Balaban J connectivity index is 1.91. The summed E-state index contributed by atoms with van der Waals surface area (Å²) in [6.07, 6.45) is 1.60. The first-order valence-electron chi connectivity index (χ1n) is 8.25. The number of rotatable bonds is 9. The largest absolute Gasteiger partial charge is 0.354 e. The van der Waals surface area contributed by atoms with Gasteiger partial charge in [0.2, 0.25) is 5.91 Å². The smallest absolute Gasteiger partial charge is 0.268 e. The monoisotopic (exact) mass is 355 g/mol. The van der Waals surface area contributed by atoms with Gasteiger partial charge in [0.1, 0.15) is 24.3 Å². The molecule has 3 N–H and O–H groups in total. The Kier molecular flexibility index (Phi) is 6.84. The van der Waals surface area contributed by atoms with Crippen LogP contribution in [0.5, 0.6) is 0 Å². The number of amides is 2. The van der Waals surface area contributed by atoms with Gasteiger partial charge in [-0.1, -0.05) is 30.3 Å². The number of aldehydes is 2. The van der Waals surface area contributed by atoms with Crippen molar-refractivity contribution in [3.63, 3.8) is 0 Å². The molecule has 0 saturated carbocycles. The second-order valence-electron chi connectivity index (χ2n) is 5.91. The molecule has 2 aromatic rings. The van der Waals surface area contributed by atoms with Crippen LogP contribution in [0.2, 0.25) is 0 Å². The molecule has 0 aliphatic rings. The lowest BCUT2D eigenvalue weighted by Crippen LogP contribution is -2.48. The highest BCUT2D eigenvalue weighted by Crippen LogP contribution is 2.09. The van der Waals surface area contributed by atoms with Crippen molar-refractivity contribution in [3.05, 3.63) is 59.4 Å². The van der Waals surface area contributed by atoms with Crippen LogP contribution in [0.15, 0.2) is 42.5 Å². The lowest BCUT2D eigenvalue weighted by atomic mass is 10.1. The third kappa shape index (κ3) is 5.41. The predicted octanol–water partition coefficient (Wildman–Crippen LogP) is 0.997. The van der Waals surface area contributed by atoms with Gasteiger partial charge in [-0.05, 0) is 24.6 Å². The molecule has 0 fully saturated rings. The van der Waals surface area contributed by atoms with Crippen LogP contribution in [0.3, 0.4) is 0 Å². The van der Waals surface area contributed by atoms with Gasteiger partial charge in [-0.15, -0.1) is 0 Å². The van der Waals surface area contributed by atoms with Crippen LogP contribution in [0.25, 0.3) is 0 Å². The first kappa shape index (κ1) is 19.1. The van der Waals surface area contributed by atoms with E-state index >= 15 is 0 Å². The van der Waals surface area contributed by atoms with E-state index in [9.17, 15) is 19.2 Å². The molecule has 0 spiro atoms. The highest BCUT2D eigenvalue weighted by molar-refractivity contribution is 5.96. The summed E-state index contributed by atoms with van der Waals surface area (Å²) in [5.41, 5.74) is 2.34.